The largest absolute Gasteiger partial charge is 0.316 e. The minimum Gasteiger partial charge on any atom is -0.316 e. The molecule has 0 aromatic carbocycles. The van der Waals surface area contributed by atoms with Gasteiger partial charge in [-0.2, -0.15) is 0 Å². The van der Waals surface area contributed by atoms with Crippen LogP contribution >= 0.6 is 11.3 Å². The number of hydrogen-bond donors (Lipinski definition) is 1. The van der Waals surface area contributed by atoms with Gasteiger partial charge in [-0.25, -0.2) is 4.98 Å². The average Bonchev–Trinajstić information content (AvgIpc) is 2.65. The fourth-order valence-electron chi connectivity index (χ4n) is 1.52. The van der Waals surface area contributed by atoms with Crippen molar-refractivity contribution < 1.29 is 0 Å². The van der Waals surface area contributed by atoms with E-state index in [1.165, 1.54) is 18.5 Å². The van der Waals surface area contributed by atoms with E-state index in [-0.39, 0.29) is 0 Å². The summed E-state index contributed by atoms with van der Waals surface area (Å²) in [6, 6.07) is 0. The Morgan fingerprint density at radius 3 is 3.07 bits per heavy atom. The zero-order chi connectivity index (χ0) is 10.2. The highest BCUT2D eigenvalue weighted by Gasteiger charge is 1.99. The monoisotopic (exact) mass is 212 g/mol. The van der Waals surface area contributed by atoms with Gasteiger partial charge in [0.1, 0.15) is 0 Å². The Morgan fingerprint density at radius 2 is 2.43 bits per heavy atom. The lowest BCUT2D eigenvalue weighted by Gasteiger charge is -2.10. The van der Waals surface area contributed by atoms with Crippen molar-refractivity contribution in [3.8, 4) is 0 Å². The van der Waals surface area contributed by atoms with Crippen LogP contribution in [0.2, 0.25) is 0 Å². The van der Waals surface area contributed by atoms with Crippen molar-refractivity contribution in [2.75, 3.05) is 13.1 Å². The second kappa shape index (κ2) is 6.96. The Hall–Kier alpha value is -0.410. The Balaban J connectivity index is 1.99. The number of aromatic nitrogens is 1. The SMILES string of the molecule is CCCC(C)CNCCc1cscn1. The van der Waals surface area contributed by atoms with Gasteiger partial charge in [-0.1, -0.05) is 20.3 Å². The molecular formula is C11H20N2S. The topological polar surface area (TPSA) is 24.9 Å². The molecule has 0 saturated heterocycles. The molecule has 0 aliphatic heterocycles. The van der Waals surface area contributed by atoms with Crippen molar-refractivity contribution in [2.24, 2.45) is 5.92 Å². The molecule has 1 aromatic heterocycles. The first-order chi connectivity index (χ1) is 6.83. The third-order valence-electron chi connectivity index (χ3n) is 2.32. The number of hydrogen-bond acceptors (Lipinski definition) is 3. The summed E-state index contributed by atoms with van der Waals surface area (Å²) in [7, 11) is 0. The summed E-state index contributed by atoms with van der Waals surface area (Å²) < 4.78 is 0. The summed E-state index contributed by atoms with van der Waals surface area (Å²) in [6.07, 6.45) is 3.67. The van der Waals surface area contributed by atoms with Crippen LogP contribution in [0.25, 0.3) is 0 Å². The lowest BCUT2D eigenvalue weighted by atomic mass is 10.1. The molecule has 1 rings (SSSR count). The number of rotatable bonds is 7. The first kappa shape index (κ1) is 11.7. The molecule has 2 nitrogen and oxygen atoms in total. The molecule has 0 radical (unpaired) electrons. The zero-order valence-corrected chi connectivity index (χ0v) is 9.94. The van der Waals surface area contributed by atoms with E-state index in [0.29, 0.717) is 0 Å². The highest BCUT2D eigenvalue weighted by atomic mass is 32.1. The first-order valence-electron chi connectivity index (χ1n) is 5.40. The van der Waals surface area contributed by atoms with Crippen LogP contribution in [0.1, 0.15) is 32.4 Å². The second-order valence-electron chi connectivity index (χ2n) is 3.83. The first-order valence-corrected chi connectivity index (χ1v) is 6.35. The van der Waals surface area contributed by atoms with Crippen molar-refractivity contribution in [3.63, 3.8) is 0 Å². The van der Waals surface area contributed by atoms with Gasteiger partial charge < -0.3 is 5.32 Å². The lowest BCUT2D eigenvalue weighted by Crippen LogP contribution is -2.23. The average molecular weight is 212 g/mol. The summed E-state index contributed by atoms with van der Waals surface area (Å²) in [5.41, 5.74) is 3.11. The molecule has 0 spiro atoms. The molecule has 0 saturated carbocycles. The molecule has 1 N–H and O–H groups in total. The molecular weight excluding hydrogens is 192 g/mol. The quantitative estimate of drug-likeness (QED) is 0.703. The van der Waals surface area contributed by atoms with E-state index in [1.807, 2.05) is 5.51 Å². The van der Waals surface area contributed by atoms with Gasteiger partial charge in [-0.3, -0.25) is 0 Å². The van der Waals surface area contributed by atoms with Gasteiger partial charge in [-0.15, -0.1) is 11.3 Å². The van der Waals surface area contributed by atoms with E-state index < -0.39 is 0 Å². The molecule has 14 heavy (non-hydrogen) atoms. The third-order valence-corrected chi connectivity index (χ3v) is 2.95. The Labute approximate surface area is 90.8 Å². The van der Waals surface area contributed by atoms with E-state index >= 15 is 0 Å². The summed E-state index contributed by atoms with van der Waals surface area (Å²) in [5, 5.41) is 5.60. The standard InChI is InChI=1S/C11H20N2S/c1-3-4-10(2)7-12-6-5-11-8-14-9-13-11/h8-10,12H,3-7H2,1-2H3. The predicted octanol–water partition coefficient (Wildman–Crippen LogP) is 2.71. The maximum atomic E-state index is 4.25. The van der Waals surface area contributed by atoms with Crippen LogP contribution in [0.3, 0.4) is 0 Å². The van der Waals surface area contributed by atoms with Gasteiger partial charge >= 0.3 is 0 Å². The van der Waals surface area contributed by atoms with E-state index in [4.69, 9.17) is 0 Å². The summed E-state index contributed by atoms with van der Waals surface area (Å²) in [6.45, 7) is 6.74. The minimum atomic E-state index is 0.801. The molecule has 0 fully saturated rings. The van der Waals surface area contributed by atoms with Crippen LogP contribution in [0.4, 0.5) is 0 Å². The van der Waals surface area contributed by atoms with Crippen LogP contribution in [-0.4, -0.2) is 18.1 Å². The normalized spacial score (nSPS) is 13.0. The molecule has 1 atom stereocenters. The third kappa shape index (κ3) is 4.72. The summed E-state index contributed by atoms with van der Waals surface area (Å²) in [4.78, 5) is 4.25. The molecule has 1 heterocycles. The summed E-state index contributed by atoms with van der Waals surface area (Å²) >= 11 is 1.67. The van der Waals surface area contributed by atoms with Gasteiger partial charge in [0.05, 0.1) is 11.2 Å². The molecule has 0 bridgehead atoms. The Bertz CT molecular complexity index is 221. The molecule has 1 unspecified atom stereocenters. The van der Waals surface area contributed by atoms with Gasteiger partial charge in [0.25, 0.3) is 0 Å². The van der Waals surface area contributed by atoms with Crippen molar-refractivity contribution in [3.05, 3.63) is 16.6 Å². The fourth-order valence-corrected chi connectivity index (χ4v) is 2.11. The molecule has 80 valence electrons. The highest BCUT2D eigenvalue weighted by Crippen LogP contribution is 2.03. The van der Waals surface area contributed by atoms with E-state index in [0.717, 1.165) is 25.4 Å². The van der Waals surface area contributed by atoms with Gasteiger partial charge in [0, 0.05) is 18.3 Å². The molecule has 0 amide bonds. The number of nitrogens with zero attached hydrogens (tertiary/aromatic N) is 1. The van der Waals surface area contributed by atoms with Crippen LogP contribution < -0.4 is 5.32 Å². The lowest BCUT2D eigenvalue weighted by molar-refractivity contribution is 0.477. The highest BCUT2D eigenvalue weighted by molar-refractivity contribution is 7.07. The van der Waals surface area contributed by atoms with Crippen molar-refractivity contribution in [1.82, 2.24) is 10.3 Å². The van der Waals surface area contributed by atoms with Gasteiger partial charge in [-0.05, 0) is 18.9 Å². The van der Waals surface area contributed by atoms with Crippen LogP contribution in [-0.2, 0) is 6.42 Å². The summed E-state index contributed by atoms with van der Waals surface area (Å²) in [5.74, 6) is 0.801. The minimum absolute atomic E-state index is 0.801. The van der Waals surface area contributed by atoms with Gasteiger partial charge in [0.15, 0.2) is 0 Å². The van der Waals surface area contributed by atoms with Gasteiger partial charge in [0.2, 0.25) is 0 Å². The predicted molar refractivity (Wildman–Crippen MR) is 62.8 cm³/mol. The van der Waals surface area contributed by atoms with Crippen LogP contribution in [0.5, 0.6) is 0 Å². The van der Waals surface area contributed by atoms with E-state index in [2.05, 4.69) is 29.5 Å². The number of thiazole rings is 1. The van der Waals surface area contributed by atoms with Crippen molar-refractivity contribution in [2.45, 2.75) is 33.1 Å². The van der Waals surface area contributed by atoms with E-state index in [1.54, 1.807) is 11.3 Å². The van der Waals surface area contributed by atoms with Crippen LogP contribution in [0.15, 0.2) is 10.9 Å². The molecule has 0 aliphatic rings. The second-order valence-corrected chi connectivity index (χ2v) is 4.55. The molecule has 1 aromatic rings. The molecule has 0 aliphatic carbocycles. The maximum absolute atomic E-state index is 4.25. The zero-order valence-electron chi connectivity index (χ0n) is 9.12. The van der Waals surface area contributed by atoms with Crippen LogP contribution in [0, 0.1) is 5.92 Å². The fraction of sp³-hybridized carbons (Fsp3) is 0.727. The Kier molecular flexibility index (Phi) is 5.80. The smallest absolute Gasteiger partial charge is 0.0794 e. The Morgan fingerprint density at radius 1 is 1.57 bits per heavy atom. The number of nitrogens with one attached hydrogen (secondary N) is 1. The molecule has 3 heteroatoms. The van der Waals surface area contributed by atoms with Crippen molar-refractivity contribution >= 4 is 11.3 Å². The van der Waals surface area contributed by atoms with Crippen molar-refractivity contribution in [1.29, 1.82) is 0 Å². The maximum Gasteiger partial charge on any atom is 0.0794 e. The van der Waals surface area contributed by atoms with E-state index in [9.17, 15) is 0 Å².